The summed E-state index contributed by atoms with van der Waals surface area (Å²) in [5.41, 5.74) is 1.68. The van der Waals surface area contributed by atoms with E-state index < -0.39 is 0 Å². The molecule has 4 rings (SSSR count). The smallest absolute Gasteiger partial charge is 0.240 e. The first-order valence-electron chi connectivity index (χ1n) is 10.2. The number of nitrogens with zero attached hydrogens (tertiary/aromatic N) is 2. The average Bonchev–Trinajstić information content (AvgIpc) is 3.22. The van der Waals surface area contributed by atoms with Gasteiger partial charge in [0.05, 0.1) is 19.7 Å². The van der Waals surface area contributed by atoms with Crippen molar-refractivity contribution in [1.82, 2.24) is 15.2 Å². The first-order chi connectivity index (χ1) is 15.1. The van der Waals surface area contributed by atoms with Crippen LogP contribution in [0.25, 0.3) is 0 Å². The molecule has 0 radical (unpaired) electrons. The number of para-hydroxylation sites is 1. The lowest BCUT2D eigenvalue weighted by Crippen LogP contribution is -2.48. The highest BCUT2D eigenvalue weighted by molar-refractivity contribution is 7.15. The Hall–Kier alpha value is -2.81. The van der Waals surface area contributed by atoms with Crippen molar-refractivity contribution in [2.45, 2.75) is 12.5 Å². The Kier molecular flexibility index (Phi) is 6.91. The summed E-state index contributed by atoms with van der Waals surface area (Å²) < 4.78 is 19.4. The van der Waals surface area contributed by atoms with Crippen LogP contribution in [0, 0.1) is 5.82 Å². The predicted octanol–water partition coefficient (Wildman–Crippen LogP) is 3.47. The SMILES string of the molecule is COc1ccccc1C1CNCCN1CC(=O)Nc1ncc(Cc2ccccc2F)s1. The molecule has 1 fully saturated rings. The van der Waals surface area contributed by atoms with Gasteiger partial charge in [-0.2, -0.15) is 0 Å². The molecule has 1 aromatic heterocycles. The van der Waals surface area contributed by atoms with Crippen LogP contribution in [0.5, 0.6) is 5.75 Å². The van der Waals surface area contributed by atoms with Gasteiger partial charge in [-0.15, -0.1) is 11.3 Å². The number of nitrogens with one attached hydrogen (secondary N) is 2. The van der Waals surface area contributed by atoms with Crippen LogP contribution >= 0.6 is 11.3 Å². The summed E-state index contributed by atoms with van der Waals surface area (Å²) >= 11 is 1.37. The van der Waals surface area contributed by atoms with Crippen LogP contribution in [0.2, 0.25) is 0 Å². The minimum atomic E-state index is -0.234. The molecule has 1 atom stereocenters. The molecule has 3 aromatic rings. The van der Waals surface area contributed by atoms with E-state index >= 15 is 0 Å². The number of amides is 1. The third-order valence-electron chi connectivity index (χ3n) is 5.32. The lowest BCUT2D eigenvalue weighted by Gasteiger charge is -2.36. The molecule has 1 unspecified atom stereocenters. The number of ether oxygens (including phenoxy) is 1. The molecule has 2 heterocycles. The summed E-state index contributed by atoms with van der Waals surface area (Å²) in [5.74, 6) is 0.468. The van der Waals surface area contributed by atoms with Gasteiger partial charge >= 0.3 is 0 Å². The Balaban J connectivity index is 1.40. The second-order valence-corrected chi connectivity index (χ2v) is 8.50. The third-order valence-corrected chi connectivity index (χ3v) is 6.23. The molecule has 162 valence electrons. The topological polar surface area (TPSA) is 66.5 Å². The average molecular weight is 441 g/mol. The van der Waals surface area contributed by atoms with E-state index in [-0.39, 0.29) is 24.3 Å². The van der Waals surface area contributed by atoms with E-state index in [9.17, 15) is 9.18 Å². The highest BCUT2D eigenvalue weighted by Crippen LogP contribution is 2.30. The number of carbonyl (C=O) groups excluding carboxylic acids is 1. The summed E-state index contributed by atoms with van der Waals surface area (Å²) in [5, 5.41) is 6.82. The van der Waals surface area contributed by atoms with Crippen LogP contribution in [0.4, 0.5) is 9.52 Å². The van der Waals surface area contributed by atoms with Crippen molar-refractivity contribution in [2.24, 2.45) is 0 Å². The van der Waals surface area contributed by atoms with Gasteiger partial charge in [0.15, 0.2) is 5.13 Å². The Labute approximate surface area is 185 Å². The largest absolute Gasteiger partial charge is 0.496 e. The summed E-state index contributed by atoms with van der Waals surface area (Å²) in [6.07, 6.45) is 2.14. The summed E-state index contributed by atoms with van der Waals surface area (Å²) in [7, 11) is 1.66. The van der Waals surface area contributed by atoms with E-state index in [2.05, 4.69) is 20.5 Å². The van der Waals surface area contributed by atoms with Gasteiger partial charge in [0, 0.05) is 42.7 Å². The number of halogens is 1. The normalized spacial score (nSPS) is 16.8. The number of anilines is 1. The van der Waals surface area contributed by atoms with Gasteiger partial charge in [0.1, 0.15) is 11.6 Å². The zero-order valence-electron chi connectivity index (χ0n) is 17.3. The number of rotatable bonds is 7. The molecule has 0 spiro atoms. The van der Waals surface area contributed by atoms with Gasteiger partial charge in [-0.25, -0.2) is 9.37 Å². The van der Waals surface area contributed by atoms with Gasteiger partial charge < -0.3 is 15.4 Å². The number of hydrogen-bond acceptors (Lipinski definition) is 6. The third kappa shape index (κ3) is 5.28. The van der Waals surface area contributed by atoms with Crippen molar-refractivity contribution >= 4 is 22.4 Å². The maximum Gasteiger partial charge on any atom is 0.240 e. The van der Waals surface area contributed by atoms with Crippen molar-refractivity contribution in [2.75, 3.05) is 38.6 Å². The molecule has 0 bridgehead atoms. The van der Waals surface area contributed by atoms with E-state index in [1.165, 1.54) is 17.4 Å². The highest BCUT2D eigenvalue weighted by Gasteiger charge is 2.27. The first kappa shape index (κ1) is 21.4. The molecule has 0 saturated carbocycles. The molecule has 1 aliphatic rings. The van der Waals surface area contributed by atoms with Crippen LogP contribution in [0.3, 0.4) is 0 Å². The molecular weight excluding hydrogens is 415 g/mol. The summed E-state index contributed by atoms with van der Waals surface area (Å²) in [6, 6.07) is 14.6. The Morgan fingerprint density at radius 2 is 2.10 bits per heavy atom. The molecular formula is C23H25FN4O2S. The first-order valence-corrected chi connectivity index (χ1v) is 11.0. The molecule has 2 aromatic carbocycles. The summed E-state index contributed by atoms with van der Waals surface area (Å²) in [4.78, 5) is 20.1. The van der Waals surface area contributed by atoms with Crippen molar-refractivity contribution in [1.29, 1.82) is 0 Å². The van der Waals surface area contributed by atoms with Gasteiger partial charge in [-0.05, 0) is 17.7 Å². The molecule has 1 saturated heterocycles. The maximum absolute atomic E-state index is 13.9. The minimum absolute atomic E-state index is 0.0450. The molecule has 8 heteroatoms. The fourth-order valence-corrected chi connectivity index (χ4v) is 4.66. The van der Waals surface area contributed by atoms with E-state index in [4.69, 9.17) is 4.74 Å². The quantitative estimate of drug-likeness (QED) is 0.589. The van der Waals surface area contributed by atoms with E-state index in [0.717, 1.165) is 35.8 Å². The highest BCUT2D eigenvalue weighted by atomic mass is 32.1. The Morgan fingerprint density at radius 3 is 2.94 bits per heavy atom. The second-order valence-electron chi connectivity index (χ2n) is 7.38. The molecule has 0 aliphatic carbocycles. The predicted molar refractivity (Wildman–Crippen MR) is 120 cm³/mol. The molecule has 2 N–H and O–H groups in total. The number of hydrogen-bond donors (Lipinski definition) is 2. The lowest BCUT2D eigenvalue weighted by molar-refractivity contribution is -0.118. The van der Waals surface area contributed by atoms with Crippen LogP contribution in [0.1, 0.15) is 22.0 Å². The number of carbonyl (C=O) groups is 1. The zero-order valence-corrected chi connectivity index (χ0v) is 18.1. The second kappa shape index (κ2) is 10.00. The van der Waals surface area contributed by atoms with Crippen LogP contribution in [-0.2, 0) is 11.2 Å². The van der Waals surface area contributed by atoms with Crippen LogP contribution < -0.4 is 15.4 Å². The van der Waals surface area contributed by atoms with Crippen molar-refractivity contribution < 1.29 is 13.9 Å². The van der Waals surface area contributed by atoms with Crippen LogP contribution in [-0.4, -0.2) is 49.1 Å². The van der Waals surface area contributed by atoms with Crippen molar-refractivity contribution in [3.63, 3.8) is 0 Å². The number of thiazole rings is 1. The number of methoxy groups -OCH3 is 1. The lowest BCUT2D eigenvalue weighted by atomic mass is 10.0. The van der Waals surface area contributed by atoms with Crippen molar-refractivity contribution in [3.05, 3.63) is 76.5 Å². The van der Waals surface area contributed by atoms with Gasteiger partial charge in [0.25, 0.3) is 0 Å². The number of aromatic nitrogens is 1. The molecule has 6 nitrogen and oxygen atoms in total. The van der Waals surface area contributed by atoms with Gasteiger partial charge in [-0.1, -0.05) is 36.4 Å². The maximum atomic E-state index is 13.9. The minimum Gasteiger partial charge on any atom is -0.496 e. The van der Waals surface area contributed by atoms with Gasteiger partial charge in [-0.3, -0.25) is 9.69 Å². The zero-order chi connectivity index (χ0) is 21.6. The summed E-state index contributed by atoms with van der Waals surface area (Å²) in [6.45, 7) is 2.58. The molecule has 1 aliphatic heterocycles. The fourth-order valence-electron chi connectivity index (χ4n) is 3.80. The van der Waals surface area contributed by atoms with E-state index in [0.29, 0.717) is 17.1 Å². The molecule has 1 amide bonds. The number of benzene rings is 2. The fraction of sp³-hybridized carbons (Fsp3) is 0.304. The van der Waals surface area contributed by atoms with E-state index in [1.807, 2.05) is 30.3 Å². The molecule has 31 heavy (non-hydrogen) atoms. The van der Waals surface area contributed by atoms with Crippen molar-refractivity contribution in [3.8, 4) is 5.75 Å². The number of piperazine rings is 1. The van der Waals surface area contributed by atoms with E-state index in [1.54, 1.807) is 25.4 Å². The Morgan fingerprint density at radius 1 is 1.29 bits per heavy atom. The van der Waals surface area contributed by atoms with Gasteiger partial charge in [0.2, 0.25) is 5.91 Å². The van der Waals surface area contributed by atoms with Crippen LogP contribution in [0.15, 0.2) is 54.7 Å². The Bertz CT molecular complexity index is 1040. The monoisotopic (exact) mass is 440 g/mol. The standard InChI is InChI=1S/C23H25FN4O2S/c1-30-21-9-5-3-7-18(21)20-14-25-10-11-28(20)15-22(29)27-23-26-13-17(31-23)12-16-6-2-4-8-19(16)24/h2-9,13,20,25H,10-12,14-15H2,1H3,(H,26,27,29).